The zero-order valence-electron chi connectivity index (χ0n) is 8.98. The molecule has 0 aliphatic carbocycles. The topological polar surface area (TPSA) is 79.1 Å². The number of carboxylic acid groups (broad SMARTS) is 1. The van der Waals surface area contributed by atoms with E-state index in [-0.39, 0.29) is 17.3 Å². The summed E-state index contributed by atoms with van der Waals surface area (Å²) in [7, 11) is 0. The summed E-state index contributed by atoms with van der Waals surface area (Å²) in [6.45, 7) is 0. The average molecular weight is 246 g/mol. The second-order valence-electron chi connectivity index (χ2n) is 3.77. The van der Waals surface area contributed by atoms with Crippen molar-refractivity contribution in [2.75, 3.05) is 0 Å². The van der Waals surface area contributed by atoms with E-state index in [0.29, 0.717) is 16.6 Å². The van der Waals surface area contributed by atoms with Crippen molar-refractivity contribution in [2.45, 2.75) is 0 Å². The second-order valence-corrected chi connectivity index (χ2v) is 3.77. The summed E-state index contributed by atoms with van der Waals surface area (Å²) in [5.74, 6) is -1.30. The van der Waals surface area contributed by atoms with Gasteiger partial charge in [0.1, 0.15) is 5.82 Å². The van der Waals surface area contributed by atoms with Crippen molar-refractivity contribution in [3.05, 3.63) is 41.8 Å². The smallest absolute Gasteiger partial charge is 0.358 e. The van der Waals surface area contributed by atoms with Crippen molar-refractivity contribution in [3.8, 4) is 11.5 Å². The van der Waals surface area contributed by atoms with Crippen LogP contribution in [0.15, 0.2) is 34.9 Å². The first-order valence-electron chi connectivity index (χ1n) is 5.13. The third-order valence-electron chi connectivity index (χ3n) is 2.60. The Morgan fingerprint density at radius 2 is 2.22 bits per heavy atom. The first-order valence-corrected chi connectivity index (χ1v) is 5.13. The molecule has 0 amide bonds. The van der Waals surface area contributed by atoms with E-state index < -0.39 is 5.97 Å². The van der Waals surface area contributed by atoms with Crippen molar-refractivity contribution in [1.82, 2.24) is 10.1 Å². The number of para-hydroxylation sites is 1. The van der Waals surface area contributed by atoms with Gasteiger partial charge in [-0.3, -0.25) is 0 Å². The fourth-order valence-electron chi connectivity index (χ4n) is 1.75. The van der Waals surface area contributed by atoms with Crippen molar-refractivity contribution < 1.29 is 18.8 Å². The van der Waals surface area contributed by atoms with Gasteiger partial charge in [0.05, 0.1) is 11.2 Å². The molecule has 5 nitrogen and oxygen atoms in total. The van der Waals surface area contributed by atoms with Gasteiger partial charge in [0.25, 0.3) is 0 Å². The number of aromatic amines is 1. The molecule has 0 bridgehead atoms. The number of aromatic carboxylic acids is 1. The Hall–Kier alpha value is -2.63. The molecular weight excluding hydrogens is 239 g/mol. The van der Waals surface area contributed by atoms with Crippen molar-refractivity contribution in [2.24, 2.45) is 0 Å². The lowest BCUT2D eigenvalue weighted by molar-refractivity contribution is 0.0686. The number of nitrogens with zero attached hydrogens (tertiary/aromatic N) is 1. The quantitative estimate of drug-likeness (QED) is 0.728. The first kappa shape index (κ1) is 10.5. The Morgan fingerprint density at radius 1 is 1.39 bits per heavy atom. The molecular formula is C12H7FN2O3. The highest BCUT2D eigenvalue weighted by atomic mass is 19.1. The second kappa shape index (κ2) is 3.69. The number of carbonyl (C=O) groups is 1. The summed E-state index contributed by atoms with van der Waals surface area (Å²) in [4.78, 5) is 13.5. The van der Waals surface area contributed by atoms with Crippen molar-refractivity contribution >= 4 is 16.9 Å². The van der Waals surface area contributed by atoms with Crippen LogP contribution in [0.25, 0.3) is 22.4 Å². The summed E-state index contributed by atoms with van der Waals surface area (Å²) in [5, 5.41) is 12.8. The van der Waals surface area contributed by atoms with Gasteiger partial charge < -0.3 is 14.6 Å². The molecule has 3 aromatic rings. The van der Waals surface area contributed by atoms with Gasteiger partial charge in [0.2, 0.25) is 0 Å². The molecule has 0 fully saturated rings. The number of aromatic nitrogens is 2. The normalized spacial score (nSPS) is 10.9. The van der Waals surface area contributed by atoms with Crippen LogP contribution in [0.5, 0.6) is 0 Å². The van der Waals surface area contributed by atoms with Gasteiger partial charge in [0.15, 0.2) is 11.5 Å². The number of benzene rings is 1. The summed E-state index contributed by atoms with van der Waals surface area (Å²) in [6, 6.07) is 7.63. The molecule has 0 saturated carbocycles. The Morgan fingerprint density at radius 3 is 2.89 bits per heavy atom. The van der Waals surface area contributed by atoms with Gasteiger partial charge in [-0.2, -0.15) is 0 Å². The Balaban J connectivity index is 2.13. The van der Waals surface area contributed by atoms with E-state index in [1.807, 2.05) is 0 Å². The molecule has 0 radical (unpaired) electrons. The zero-order chi connectivity index (χ0) is 12.7. The van der Waals surface area contributed by atoms with Crippen LogP contribution in [-0.2, 0) is 0 Å². The number of H-pyrrole nitrogens is 1. The Bertz CT molecular complexity index is 745. The van der Waals surface area contributed by atoms with Crippen LogP contribution in [0.1, 0.15) is 10.5 Å². The van der Waals surface area contributed by atoms with Gasteiger partial charge >= 0.3 is 5.97 Å². The molecule has 18 heavy (non-hydrogen) atoms. The number of nitrogens with one attached hydrogen (secondary N) is 1. The molecule has 2 N–H and O–H groups in total. The van der Waals surface area contributed by atoms with Crippen molar-refractivity contribution in [1.29, 1.82) is 0 Å². The van der Waals surface area contributed by atoms with Crippen LogP contribution >= 0.6 is 0 Å². The van der Waals surface area contributed by atoms with E-state index in [9.17, 15) is 9.18 Å². The molecule has 0 atom stereocenters. The molecule has 0 unspecified atom stereocenters. The predicted molar refractivity (Wildman–Crippen MR) is 60.7 cm³/mol. The Labute approximate surface area is 99.8 Å². The molecule has 90 valence electrons. The lowest BCUT2D eigenvalue weighted by atomic mass is 10.2. The summed E-state index contributed by atoms with van der Waals surface area (Å²) < 4.78 is 18.4. The molecule has 0 saturated heterocycles. The maximum absolute atomic E-state index is 13.5. The number of hydrogen-bond acceptors (Lipinski definition) is 3. The van der Waals surface area contributed by atoms with E-state index in [1.165, 1.54) is 12.1 Å². The van der Waals surface area contributed by atoms with Crippen LogP contribution in [0, 0.1) is 5.82 Å². The summed E-state index contributed by atoms with van der Waals surface area (Å²) in [5.41, 5.74) is 0.639. The fraction of sp³-hybridized carbons (Fsp3) is 0. The van der Waals surface area contributed by atoms with Crippen molar-refractivity contribution in [3.63, 3.8) is 0 Å². The highest BCUT2D eigenvalue weighted by Gasteiger charge is 2.14. The lowest BCUT2D eigenvalue weighted by Crippen LogP contribution is -1.94. The number of fused-ring (bicyclic) bond motifs is 1. The van der Waals surface area contributed by atoms with E-state index in [4.69, 9.17) is 9.63 Å². The molecule has 3 rings (SSSR count). The van der Waals surface area contributed by atoms with Crippen LogP contribution in [0.4, 0.5) is 4.39 Å². The molecule has 0 aliphatic heterocycles. The molecule has 0 spiro atoms. The molecule has 1 aromatic carbocycles. The van der Waals surface area contributed by atoms with Gasteiger partial charge in [-0.15, -0.1) is 0 Å². The summed E-state index contributed by atoms with van der Waals surface area (Å²) >= 11 is 0. The average Bonchev–Trinajstić information content (AvgIpc) is 2.95. The minimum absolute atomic E-state index is 0.191. The van der Waals surface area contributed by atoms with Crippen LogP contribution < -0.4 is 0 Å². The van der Waals surface area contributed by atoms with Gasteiger partial charge in [-0.1, -0.05) is 17.3 Å². The van der Waals surface area contributed by atoms with E-state index >= 15 is 0 Å². The molecule has 6 heteroatoms. The minimum Gasteiger partial charge on any atom is -0.476 e. The lowest BCUT2D eigenvalue weighted by Gasteiger charge is -1.89. The maximum Gasteiger partial charge on any atom is 0.358 e. The third kappa shape index (κ3) is 1.55. The number of hydrogen-bond donors (Lipinski definition) is 2. The molecule has 0 aliphatic rings. The number of halogens is 1. The van der Waals surface area contributed by atoms with Gasteiger partial charge in [0, 0.05) is 11.5 Å². The molecule has 2 aromatic heterocycles. The van der Waals surface area contributed by atoms with Gasteiger partial charge in [-0.25, -0.2) is 9.18 Å². The largest absolute Gasteiger partial charge is 0.476 e. The summed E-state index contributed by atoms with van der Waals surface area (Å²) in [6.07, 6.45) is 0. The molecule has 2 heterocycles. The standard InChI is InChI=1S/C12H7FN2O3/c13-7-3-1-2-6-4-8(14-11(6)7)10-5-9(12(16)17)15-18-10/h1-5,14H,(H,16,17). The van der Waals surface area contributed by atoms with E-state index in [2.05, 4.69) is 10.1 Å². The minimum atomic E-state index is -1.17. The number of carboxylic acids is 1. The first-order chi connectivity index (χ1) is 8.65. The van der Waals surface area contributed by atoms with Crippen LogP contribution in [0.2, 0.25) is 0 Å². The SMILES string of the molecule is O=C(O)c1cc(-c2cc3cccc(F)c3[nH]2)on1. The zero-order valence-corrected chi connectivity index (χ0v) is 8.98. The Kier molecular flexibility index (Phi) is 2.16. The highest BCUT2D eigenvalue weighted by molar-refractivity contribution is 5.88. The monoisotopic (exact) mass is 246 g/mol. The van der Waals surface area contributed by atoms with Gasteiger partial charge in [-0.05, 0) is 12.1 Å². The maximum atomic E-state index is 13.5. The van der Waals surface area contributed by atoms with Crippen LogP contribution in [0.3, 0.4) is 0 Å². The number of rotatable bonds is 2. The highest BCUT2D eigenvalue weighted by Crippen LogP contribution is 2.26. The van der Waals surface area contributed by atoms with Crippen LogP contribution in [-0.4, -0.2) is 21.2 Å². The fourth-order valence-corrected chi connectivity index (χ4v) is 1.75. The third-order valence-corrected chi connectivity index (χ3v) is 2.60. The van der Waals surface area contributed by atoms with E-state index in [0.717, 1.165) is 0 Å². The predicted octanol–water partition coefficient (Wildman–Crippen LogP) is 2.66. The van der Waals surface area contributed by atoms with E-state index in [1.54, 1.807) is 18.2 Å².